The topological polar surface area (TPSA) is 47.3 Å². The summed E-state index contributed by atoms with van der Waals surface area (Å²) in [5.41, 5.74) is 6.74. The SMILES string of the molecule is CCOC1(C(NN)c2cc(C)ccc2C)CCCCC1. The Hall–Kier alpha value is -0.900. The summed E-state index contributed by atoms with van der Waals surface area (Å²) < 4.78 is 6.23. The van der Waals surface area contributed by atoms with Gasteiger partial charge in [0.1, 0.15) is 0 Å². The second-order valence-electron chi connectivity index (χ2n) is 6.02. The van der Waals surface area contributed by atoms with Crippen molar-refractivity contribution in [2.45, 2.75) is 64.5 Å². The van der Waals surface area contributed by atoms with E-state index in [1.54, 1.807) is 0 Å². The third-order valence-electron chi connectivity index (χ3n) is 4.57. The summed E-state index contributed by atoms with van der Waals surface area (Å²) >= 11 is 0. The highest BCUT2D eigenvalue weighted by Gasteiger charge is 2.41. The number of nitrogens with one attached hydrogen (secondary N) is 1. The molecule has 1 fully saturated rings. The molecule has 1 unspecified atom stereocenters. The summed E-state index contributed by atoms with van der Waals surface area (Å²) in [6, 6.07) is 6.65. The Morgan fingerprint density at radius 2 is 1.95 bits per heavy atom. The molecule has 1 saturated carbocycles. The molecule has 3 N–H and O–H groups in total. The van der Waals surface area contributed by atoms with Crippen molar-refractivity contribution in [1.82, 2.24) is 5.43 Å². The van der Waals surface area contributed by atoms with Gasteiger partial charge in [0.05, 0.1) is 11.6 Å². The van der Waals surface area contributed by atoms with Gasteiger partial charge >= 0.3 is 0 Å². The number of hydrogen-bond acceptors (Lipinski definition) is 3. The van der Waals surface area contributed by atoms with E-state index in [9.17, 15) is 0 Å². The second-order valence-corrected chi connectivity index (χ2v) is 6.02. The predicted molar refractivity (Wildman–Crippen MR) is 83.4 cm³/mol. The Kier molecular flexibility index (Phi) is 5.19. The molecule has 1 aromatic carbocycles. The first-order valence-corrected chi connectivity index (χ1v) is 7.80. The van der Waals surface area contributed by atoms with Gasteiger partial charge in [-0.1, -0.05) is 43.0 Å². The van der Waals surface area contributed by atoms with Crippen LogP contribution in [0.25, 0.3) is 0 Å². The van der Waals surface area contributed by atoms with E-state index in [1.165, 1.54) is 36.0 Å². The molecular weight excluding hydrogens is 248 g/mol. The molecule has 0 bridgehead atoms. The zero-order valence-corrected chi connectivity index (χ0v) is 13.0. The van der Waals surface area contributed by atoms with Crippen molar-refractivity contribution >= 4 is 0 Å². The smallest absolute Gasteiger partial charge is 0.0889 e. The summed E-state index contributed by atoms with van der Waals surface area (Å²) in [5, 5.41) is 0. The third-order valence-corrected chi connectivity index (χ3v) is 4.57. The average Bonchev–Trinajstić information content (AvgIpc) is 2.45. The van der Waals surface area contributed by atoms with Crippen molar-refractivity contribution in [3.63, 3.8) is 0 Å². The maximum absolute atomic E-state index is 6.23. The van der Waals surface area contributed by atoms with Gasteiger partial charge in [0.25, 0.3) is 0 Å². The van der Waals surface area contributed by atoms with Crippen LogP contribution in [0.1, 0.15) is 61.8 Å². The molecule has 1 aromatic rings. The van der Waals surface area contributed by atoms with Gasteiger partial charge in [0, 0.05) is 6.61 Å². The van der Waals surface area contributed by atoms with E-state index in [4.69, 9.17) is 10.6 Å². The Morgan fingerprint density at radius 1 is 1.25 bits per heavy atom. The van der Waals surface area contributed by atoms with Gasteiger partial charge in [-0.25, -0.2) is 0 Å². The summed E-state index contributed by atoms with van der Waals surface area (Å²) in [4.78, 5) is 0. The third kappa shape index (κ3) is 3.05. The molecule has 0 aromatic heterocycles. The molecule has 0 spiro atoms. The van der Waals surface area contributed by atoms with Crippen LogP contribution in [0, 0.1) is 13.8 Å². The number of benzene rings is 1. The van der Waals surface area contributed by atoms with E-state index in [1.807, 2.05) is 0 Å². The molecule has 0 amide bonds. The Bertz CT molecular complexity index is 433. The predicted octanol–water partition coefficient (Wildman–Crippen LogP) is 3.55. The monoisotopic (exact) mass is 276 g/mol. The van der Waals surface area contributed by atoms with E-state index in [0.717, 1.165) is 19.4 Å². The molecular formula is C17H28N2O. The number of hydrogen-bond donors (Lipinski definition) is 2. The lowest BCUT2D eigenvalue weighted by molar-refractivity contribution is -0.0914. The van der Waals surface area contributed by atoms with Crippen LogP contribution in [-0.2, 0) is 4.74 Å². The van der Waals surface area contributed by atoms with E-state index >= 15 is 0 Å². The highest BCUT2D eigenvalue weighted by atomic mass is 16.5. The first kappa shape index (κ1) is 15.5. The molecule has 3 nitrogen and oxygen atoms in total. The second kappa shape index (κ2) is 6.70. The van der Waals surface area contributed by atoms with Gasteiger partial charge in [0.2, 0.25) is 0 Å². The first-order valence-electron chi connectivity index (χ1n) is 7.80. The van der Waals surface area contributed by atoms with Gasteiger partial charge in [-0.3, -0.25) is 11.3 Å². The molecule has 0 radical (unpaired) electrons. The molecule has 0 saturated heterocycles. The van der Waals surface area contributed by atoms with Gasteiger partial charge < -0.3 is 4.74 Å². The largest absolute Gasteiger partial charge is 0.373 e. The van der Waals surface area contributed by atoms with Crippen LogP contribution in [0.2, 0.25) is 0 Å². The summed E-state index contributed by atoms with van der Waals surface area (Å²) in [6.45, 7) is 7.10. The molecule has 2 rings (SSSR count). The van der Waals surface area contributed by atoms with Gasteiger partial charge in [-0.05, 0) is 44.7 Å². The normalized spacial score (nSPS) is 19.8. The molecule has 0 aliphatic heterocycles. The average molecular weight is 276 g/mol. The molecule has 0 heterocycles. The van der Waals surface area contributed by atoms with Crippen molar-refractivity contribution in [2.24, 2.45) is 5.84 Å². The minimum absolute atomic E-state index is 0.0719. The number of ether oxygens (including phenoxy) is 1. The zero-order valence-electron chi connectivity index (χ0n) is 13.0. The molecule has 1 atom stereocenters. The minimum atomic E-state index is -0.152. The fraction of sp³-hybridized carbons (Fsp3) is 0.647. The summed E-state index contributed by atoms with van der Waals surface area (Å²) in [6.07, 6.45) is 5.93. The van der Waals surface area contributed by atoms with Crippen molar-refractivity contribution in [3.8, 4) is 0 Å². The lowest BCUT2D eigenvalue weighted by atomic mass is 9.75. The van der Waals surface area contributed by atoms with Crippen LogP contribution in [0.5, 0.6) is 0 Å². The van der Waals surface area contributed by atoms with Crippen molar-refractivity contribution in [1.29, 1.82) is 0 Å². The number of rotatable bonds is 5. The molecule has 3 heteroatoms. The highest BCUT2D eigenvalue weighted by molar-refractivity contribution is 5.35. The Balaban J connectivity index is 2.39. The molecule has 1 aliphatic carbocycles. The van der Waals surface area contributed by atoms with Crippen LogP contribution < -0.4 is 11.3 Å². The standard InChI is InChI=1S/C17H28N2O/c1-4-20-17(10-6-5-7-11-17)16(19-18)15-12-13(2)8-9-14(15)3/h8-9,12,16,19H,4-7,10-11,18H2,1-3H3. The minimum Gasteiger partial charge on any atom is -0.373 e. The molecule has 20 heavy (non-hydrogen) atoms. The molecule has 1 aliphatic rings. The highest BCUT2D eigenvalue weighted by Crippen LogP contribution is 2.42. The maximum atomic E-state index is 6.23. The van der Waals surface area contributed by atoms with E-state index in [2.05, 4.69) is 44.4 Å². The van der Waals surface area contributed by atoms with Gasteiger partial charge in [-0.15, -0.1) is 0 Å². The Morgan fingerprint density at radius 3 is 2.55 bits per heavy atom. The van der Waals surface area contributed by atoms with E-state index in [0.29, 0.717) is 0 Å². The van der Waals surface area contributed by atoms with E-state index < -0.39 is 0 Å². The van der Waals surface area contributed by atoms with Crippen LogP contribution in [0.4, 0.5) is 0 Å². The van der Waals surface area contributed by atoms with E-state index in [-0.39, 0.29) is 11.6 Å². The zero-order chi connectivity index (χ0) is 14.6. The number of nitrogens with two attached hydrogens (primary N) is 1. The first-order chi connectivity index (χ1) is 9.63. The lowest BCUT2D eigenvalue weighted by Crippen LogP contribution is -2.50. The van der Waals surface area contributed by atoms with Crippen LogP contribution in [-0.4, -0.2) is 12.2 Å². The van der Waals surface area contributed by atoms with Crippen molar-refractivity contribution in [2.75, 3.05) is 6.61 Å². The van der Waals surface area contributed by atoms with Crippen LogP contribution in [0.15, 0.2) is 18.2 Å². The molecule has 112 valence electrons. The quantitative estimate of drug-likeness (QED) is 0.638. The van der Waals surface area contributed by atoms with Crippen molar-refractivity contribution < 1.29 is 4.74 Å². The van der Waals surface area contributed by atoms with Gasteiger partial charge in [0.15, 0.2) is 0 Å². The maximum Gasteiger partial charge on any atom is 0.0889 e. The summed E-state index contributed by atoms with van der Waals surface area (Å²) in [7, 11) is 0. The van der Waals surface area contributed by atoms with Gasteiger partial charge in [-0.2, -0.15) is 0 Å². The number of hydrazine groups is 1. The van der Waals surface area contributed by atoms with Crippen LogP contribution >= 0.6 is 0 Å². The van der Waals surface area contributed by atoms with Crippen molar-refractivity contribution in [3.05, 3.63) is 34.9 Å². The number of aryl methyl sites for hydroxylation is 2. The lowest BCUT2D eigenvalue weighted by Gasteiger charge is -2.43. The Labute approximate surface area is 122 Å². The fourth-order valence-corrected chi connectivity index (χ4v) is 3.55. The summed E-state index contributed by atoms with van der Waals surface area (Å²) in [5.74, 6) is 5.94. The fourth-order valence-electron chi connectivity index (χ4n) is 3.55. The van der Waals surface area contributed by atoms with Crippen LogP contribution in [0.3, 0.4) is 0 Å².